The first-order valence-corrected chi connectivity index (χ1v) is 10.9. The normalized spacial score (nSPS) is 11.6. The van der Waals surface area contributed by atoms with Crippen LogP contribution in [0.3, 0.4) is 0 Å². The summed E-state index contributed by atoms with van der Waals surface area (Å²) in [6, 6.07) is 14.0. The number of benzene rings is 2. The van der Waals surface area contributed by atoms with Crippen LogP contribution in [0.25, 0.3) is 12.2 Å². The van der Waals surface area contributed by atoms with Crippen molar-refractivity contribution in [3.8, 4) is 5.75 Å². The van der Waals surface area contributed by atoms with Crippen LogP contribution in [0.5, 0.6) is 5.75 Å². The van der Waals surface area contributed by atoms with Gasteiger partial charge in [-0.25, -0.2) is 13.1 Å². The van der Waals surface area contributed by atoms with Gasteiger partial charge in [-0.3, -0.25) is 4.79 Å². The number of hydrogen-bond acceptors (Lipinski definition) is 6. The van der Waals surface area contributed by atoms with Crippen LogP contribution < -0.4 is 14.8 Å². The number of nitrogens with one attached hydrogen (secondary N) is 2. The maximum atomic E-state index is 12.9. The smallest absolute Gasteiger partial charge is 0.244 e. The molecule has 0 atom stereocenters. The van der Waals surface area contributed by atoms with Gasteiger partial charge in [0.25, 0.3) is 0 Å². The van der Waals surface area contributed by atoms with Crippen LogP contribution >= 0.6 is 0 Å². The number of amides is 1. The van der Waals surface area contributed by atoms with Gasteiger partial charge in [-0.05, 0) is 36.3 Å². The van der Waals surface area contributed by atoms with Gasteiger partial charge >= 0.3 is 0 Å². The van der Waals surface area contributed by atoms with Gasteiger partial charge in [-0.2, -0.15) is 0 Å². The summed E-state index contributed by atoms with van der Waals surface area (Å²) in [6.45, 7) is 3.26. The molecule has 0 saturated carbocycles. The van der Waals surface area contributed by atoms with E-state index in [9.17, 15) is 13.2 Å². The lowest BCUT2D eigenvalue weighted by molar-refractivity contribution is -0.114. The Bertz CT molecular complexity index is 1200. The molecule has 0 aliphatic rings. The molecule has 0 fully saturated rings. The number of nitrogens with zero attached hydrogens (tertiary/aromatic N) is 1. The minimum absolute atomic E-state index is 0.0175. The SMILES string of the molecule is COc1ccc(/C=C\c2onc(C)c2NC(C)=O)cc1S(=O)(=O)NCc1ccccc1. The van der Waals surface area contributed by atoms with E-state index in [0.717, 1.165) is 5.56 Å². The molecule has 2 N–H and O–H groups in total. The van der Waals surface area contributed by atoms with E-state index >= 15 is 0 Å². The van der Waals surface area contributed by atoms with E-state index in [1.807, 2.05) is 30.3 Å². The Labute approximate surface area is 181 Å². The average Bonchev–Trinajstić information content (AvgIpc) is 3.10. The van der Waals surface area contributed by atoms with Crippen molar-refractivity contribution in [3.63, 3.8) is 0 Å². The van der Waals surface area contributed by atoms with Crippen molar-refractivity contribution in [3.05, 3.63) is 71.1 Å². The zero-order valence-corrected chi connectivity index (χ0v) is 18.2. The van der Waals surface area contributed by atoms with Crippen molar-refractivity contribution in [1.29, 1.82) is 0 Å². The molecule has 0 radical (unpaired) electrons. The van der Waals surface area contributed by atoms with Crippen LogP contribution in [0.4, 0.5) is 5.69 Å². The number of aromatic nitrogens is 1. The van der Waals surface area contributed by atoms with E-state index in [0.29, 0.717) is 22.7 Å². The fraction of sp³-hybridized carbons (Fsp3) is 0.182. The highest BCUT2D eigenvalue weighted by molar-refractivity contribution is 7.89. The molecule has 0 saturated heterocycles. The number of hydrogen-bond donors (Lipinski definition) is 2. The summed E-state index contributed by atoms with van der Waals surface area (Å²) in [5, 5.41) is 6.52. The van der Waals surface area contributed by atoms with E-state index in [-0.39, 0.29) is 23.1 Å². The van der Waals surface area contributed by atoms with Crippen LogP contribution in [0.2, 0.25) is 0 Å². The molecule has 0 unspecified atom stereocenters. The molecule has 9 heteroatoms. The Morgan fingerprint density at radius 2 is 1.90 bits per heavy atom. The van der Waals surface area contributed by atoms with Crippen molar-refractivity contribution in [2.75, 3.05) is 12.4 Å². The third-order valence-corrected chi connectivity index (χ3v) is 5.83. The number of carbonyl (C=O) groups is 1. The summed E-state index contributed by atoms with van der Waals surface area (Å²) in [5.74, 6) is 0.338. The van der Waals surface area contributed by atoms with E-state index < -0.39 is 10.0 Å². The van der Waals surface area contributed by atoms with E-state index in [4.69, 9.17) is 9.26 Å². The van der Waals surface area contributed by atoms with Gasteiger partial charge in [0.05, 0.1) is 7.11 Å². The van der Waals surface area contributed by atoms with Gasteiger partial charge in [-0.15, -0.1) is 0 Å². The second-order valence-electron chi connectivity index (χ2n) is 6.74. The number of methoxy groups -OCH3 is 1. The second-order valence-corrected chi connectivity index (χ2v) is 8.48. The number of sulfonamides is 1. The summed E-state index contributed by atoms with van der Waals surface area (Å²) in [4.78, 5) is 11.4. The van der Waals surface area contributed by atoms with Crippen LogP contribution in [-0.4, -0.2) is 26.6 Å². The predicted molar refractivity (Wildman–Crippen MR) is 118 cm³/mol. The van der Waals surface area contributed by atoms with Crippen molar-refractivity contribution >= 4 is 33.8 Å². The molecule has 3 rings (SSSR count). The first-order valence-electron chi connectivity index (χ1n) is 9.43. The number of carbonyl (C=O) groups excluding carboxylic acids is 1. The third kappa shape index (κ3) is 5.59. The third-order valence-electron chi connectivity index (χ3n) is 4.40. The van der Waals surface area contributed by atoms with Crippen LogP contribution in [0.15, 0.2) is 57.9 Å². The number of anilines is 1. The molecule has 3 aromatic rings. The summed E-state index contributed by atoms with van der Waals surface area (Å²) < 4.78 is 38.9. The predicted octanol–water partition coefficient (Wildman–Crippen LogP) is 3.60. The van der Waals surface area contributed by atoms with E-state index in [2.05, 4.69) is 15.2 Å². The Morgan fingerprint density at radius 1 is 1.16 bits per heavy atom. The molecule has 2 aromatic carbocycles. The first kappa shape index (κ1) is 22.3. The standard InChI is InChI=1S/C22H23N3O5S/c1-15-22(24-16(2)26)20(30-25-15)12-10-17-9-11-19(29-3)21(13-17)31(27,28)23-14-18-7-5-4-6-8-18/h4-13,23H,14H2,1-3H3,(H,24,26)/b12-10-. The average molecular weight is 442 g/mol. The number of aryl methyl sites for hydroxylation is 1. The molecule has 0 bridgehead atoms. The van der Waals surface area contributed by atoms with Gasteiger partial charge in [-0.1, -0.05) is 47.6 Å². The quantitative estimate of drug-likeness (QED) is 0.553. The Morgan fingerprint density at radius 3 is 2.58 bits per heavy atom. The van der Waals surface area contributed by atoms with Crippen molar-refractivity contribution in [2.45, 2.75) is 25.3 Å². The zero-order valence-electron chi connectivity index (χ0n) is 17.4. The highest BCUT2D eigenvalue weighted by Crippen LogP contribution is 2.27. The van der Waals surface area contributed by atoms with Crippen LogP contribution in [0, 0.1) is 6.92 Å². The highest BCUT2D eigenvalue weighted by atomic mass is 32.2. The molecular formula is C22H23N3O5S. The lowest BCUT2D eigenvalue weighted by Gasteiger charge is -2.12. The molecule has 162 valence electrons. The lowest BCUT2D eigenvalue weighted by Crippen LogP contribution is -2.23. The fourth-order valence-corrected chi connectivity index (χ4v) is 4.08. The Kier molecular flexibility index (Phi) is 6.88. The molecule has 0 aliphatic heterocycles. The summed E-state index contributed by atoms with van der Waals surface area (Å²) in [7, 11) is -2.41. The minimum Gasteiger partial charge on any atom is -0.495 e. The summed E-state index contributed by atoms with van der Waals surface area (Å²) >= 11 is 0. The highest BCUT2D eigenvalue weighted by Gasteiger charge is 2.20. The topological polar surface area (TPSA) is 111 Å². The first-order chi connectivity index (χ1) is 14.8. The van der Waals surface area contributed by atoms with Gasteiger partial charge in [0.1, 0.15) is 22.0 Å². The Hall–Kier alpha value is -3.43. The molecule has 1 aromatic heterocycles. The largest absolute Gasteiger partial charge is 0.495 e. The summed E-state index contributed by atoms with van der Waals surface area (Å²) in [5.41, 5.74) is 2.45. The molecule has 8 nitrogen and oxygen atoms in total. The molecule has 0 spiro atoms. The maximum Gasteiger partial charge on any atom is 0.244 e. The van der Waals surface area contributed by atoms with Crippen LogP contribution in [-0.2, 0) is 21.4 Å². The summed E-state index contributed by atoms with van der Waals surface area (Å²) in [6.07, 6.45) is 3.28. The van der Waals surface area contributed by atoms with E-state index in [1.165, 1.54) is 20.1 Å². The van der Waals surface area contributed by atoms with Crippen molar-refractivity contribution < 1.29 is 22.5 Å². The molecule has 1 heterocycles. The van der Waals surface area contributed by atoms with Gasteiger partial charge in [0.15, 0.2) is 5.76 Å². The lowest BCUT2D eigenvalue weighted by atomic mass is 10.2. The van der Waals surface area contributed by atoms with Gasteiger partial charge < -0.3 is 14.6 Å². The molecule has 31 heavy (non-hydrogen) atoms. The minimum atomic E-state index is -3.83. The van der Waals surface area contributed by atoms with Crippen molar-refractivity contribution in [2.24, 2.45) is 0 Å². The van der Waals surface area contributed by atoms with Gasteiger partial charge in [0, 0.05) is 13.5 Å². The zero-order chi connectivity index (χ0) is 22.4. The number of rotatable bonds is 8. The van der Waals surface area contributed by atoms with Crippen molar-refractivity contribution in [1.82, 2.24) is 9.88 Å². The van der Waals surface area contributed by atoms with E-state index in [1.54, 1.807) is 31.2 Å². The second kappa shape index (κ2) is 9.59. The Balaban J connectivity index is 1.87. The fourth-order valence-electron chi connectivity index (χ4n) is 2.86. The van der Waals surface area contributed by atoms with Gasteiger partial charge in [0.2, 0.25) is 15.9 Å². The maximum absolute atomic E-state index is 12.9. The molecular weight excluding hydrogens is 418 g/mol. The molecule has 0 aliphatic carbocycles. The monoisotopic (exact) mass is 441 g/mol. The molecule has 1 amide bonds. The number of ether oxygens (including phenoxy) is 1. The van der Waals surface area contributed by atoms with Crippen LogP contribution in [0.1, 0.15) is 29.5 Å².